The molecule has 1 aromatic carbocycles. The Bertz CT molecular complexity index is 377. The minimum atomic E-state index is -0.312. The second-order valence-corrected chi connectivity index (χ2v) is 10.1. The Morgan fingerprint density at radius 2 is 2.00 bits per heavy atom. The van der Waals surface area contributed by atoms with Crippen molar-refractivity contribution in [3.63, 3.8) is 0 Å². The molecule has 3 heteroatoms. The van der Waals surface area contributed by atoms with Crippen molar-refractivity contribution in [2.24, 2.45) is 0 Å². The van der Waals surface area contributed by atoms with Gasteiger partial charge in [-0.25, -0.2) is 0 Å². The molecule has 0 aromatic heterocycles. The molecule has 0 N–H and O–H groups in total. The SMILES string of the molecule is CC(COCC(C)(C)[Si](C)C)c1cccc(Br)c1. The Labute approximate surface area is 122 Å². The van der Waals surface area contributed by atoms with Crippen LogP contribution in [0.4, 0.5) is 0 Å². The molecule has 0 bridgehead atoms. The summed E-state index contributed by atoms with van der Waals surface area (Å²) < 4.78 is 7.06. The monoisotopic (exact) mass is 327 g/mol. The van der Waals surface area contributed by atoms with Crippen molar-refractivity contribution < 1.29 is 4.74 Å². The van der Waals surface area contributed by atoms with Crippen LogP contribution in [0.25, 0.3) is 0 Å². The largest absolute Gasteiger partial charge is 0.381 e. The predicted octanol–water partition coefficient (Wildman–Crippen LogP) is 5.10. The van der Waals surface area contributed by atoms with Crippen LogP contribution in [0.5, 0.6) is 0 Å². The van der Waals surface area contributed by atoms with E-state index < -0.39 is 0 Å². The van der Waals surface area contributed by atoms with Crippen LogP contribution in [0.1, 0.15) is 32.3 Å². The van der Waals surface area contributed by atoms with Gasteiger partial charge in [-0.15, -0.1) is 0 Å². The summed E-state index contributed by atoms with van der Waals surface area (Å²) >= 11 is 3.51. The molecule has 1 unspecified atom stereocenters. The highest BCUT2D eigenvalue weighted by molar-refractivity contribution is 9.10. The number of hydrogen-bond donors (Lipinski definition) is 0. The molecule has 1 atom stereocenters. The van der Waals surface area contributed by atoms with E-state index in [0.29, 0.717) is 11.0 Å². The molecule has 0 amide bonds. The quantitative estimate of drug-likeness (QED) is 0.660. The highest BCUT2D eigenvalue weighted by atomic mass is 79.9. The maximum absolute atomic E-state index is 5.93. The van der Waals surface area contributed by atoms with Gasteiger partial charge in [0, 0.05) is 17.0 Å². The summed E-state index contributed by atoms with van der Waals surface area (Å²) in [6.07, 6.45) is 0. The fourth-order valence-corrected chi connectivity index (χ4v) is 2.35. The molecule has 0 aliphatic rings. The maximum Gasteiger partial charge on any atom is 0.0532 e. The third-order valence-corrected chi connectivity index (χ3v) is 6.95. The van der Waals surface area contributed by atoms with Gasteiger partial charge in [0.2, 0.25) is 0 Å². The molecule has 1 nitrogen and oxygen atoms in total. The van der Waals surface area contributed by atoms with E-state index in [0.717, 1.165) is 17.7 Å². The van der Waals surface area contributed by atoms with Crippen molar-refractivity contribution >= 4 is 24.7 Å². The van der Waals surface area contributed by atoms with Crippen LogP contribution in [0.3, 0.4) is 0 Å². The molecule has 101 valence electrons. The first-order valence-electron chi connectivity index (χ1n) is 6.47. The van der Waals surface area contributed by atoms with Crippen LogP contribution in [0, 0.1) is 0 Å². The normalized spacial score (nSPS) is 13.9. The molecule has 1 aromatic rings. The molecular weight excluding hydrogens is 304 g/mol. The average molecular weight is 328 g/mol. The van der Waals surface area contributed by atoms with Crippen molar-refractivity contribution in [2.75, 3.05) is 13.2 Å². The zero-order valence-corrected chi connectivity index (χ0v) is 14.7. The second-order valence-electron chi connectivity index (χ2n) is 5.86. The van der Waals surface area contributed by atoms with E-state index >= 15 is 0 Å². The van der Waals surface area contributed by atoms with Gasteiger partial charge in [0.1, 0.15) is 0 Å². The molecule has 1 radical (unpaired) electrons. The van der Waals surface area contributed by atoms with Crippen LogP contribution in [0.15, 0.2) is 28.7 Å². The van der Waals surface area contributed by atoms with Gasteiger partial charge in [-0.05, 0) is 22.7 Å². The standard InChI is InChI=1S/C15H24BrOSi/c1-12(13-7-6-8-14(16)9-13)10-17-11-15(2,3)18(4)5/h6-9,12H,10-11H2,1-5H3. The highest BCUT2D eigenvalue weighted by Crippen LogP contribution is 2.29. The molecule has 0 spiro atoms. The van der Waals surface area contributed by atoms with Crippen molar-refractivity contribution in [3.05, 3.63) is 34.3 Å². The number of halogens is 1. The fraction of sp³-hybridized carbons (Fsp3) is 0.600. The van der Waals surface area contributed by atoms with Crippen LogP contribution in [-0.2, 0) is 4.74 Å². The van der Waals surface area contributed by atoms with Crippen molar-refractivity contribution in [2.45, 2.75) is 44.8 Å². The Balaban J connectivity index is 2.45. The third-order valence-electron chi connectivity index (χ3n) is 3.60. The maximum atomic E-state index is 5.93. The Kier molecular flexibility index (Phi) is 6.08. The van der Waals surface area contributed by atoms with Crippen molar-refractivity contribution in [1.82, 2.24) is 0 Å². The fourth-order valence-electron chi connectivity index (χ4n) is 1.54. The lowest BCUT2D eigenvalue weighted by molar-refractivity contribution is 0.104. The van der Waals surface area contributed by atoms with Gasteiger partial charge in [0.05, 0.1) is 15.4 Å². The summed E-state index contributed by atoms with van der Waals surface area (Å²) in [5.41, 5.74) is 1.33. The molecule has 1 rings (SSSR count). The van der Waals surface area contributed by atoms with E-state index in [9.17, 15) is 0 Å². The molecular formula is C15H24BrOSi. The molecule has 0 saturated heterocycles. The third kappa shape index (κ3) is 4.86. The van der Waals surface area contributed by atoms with Gasteiger partial charge in [-0.1, -0.05) is 61.9 Å². The molecule has 0 fully saturated rings. The molecule has 0 aliphatic carbocycles. The lowest BCUT2D eigenvalue weighted by atomic mass is 10.0. The molecule has 0 saturated carbocycles. The lowest BCUT2D eigenvalue weighted by Gasteiger charge is -2.28. The second kappa shape index (κ2) is 6.87. The minimum absolute atomic E-state index is 0.312. The summed E-state index contributed by atoms with van der Waals surface area (Å²) in [7, 11) is -0.312. The molecule has 0 heterocycles. The van der Waals surface area contributed by atoms with Crippen molar-refractivity contribution in [3.8, 4) is 0 Å². The Morgan fingerprint density at radius 1 is 1.33 bits per heavy atom. The summed E-state index contributed by atoms with van der Waals surface area (Å²) in [6.45, 7) is 13.2. The first-order chi connectivity index (χ1) is 8.33. The van der Waals surface area contributed by atoms with Crippen LogP contribution < -0.4 is 0 Å². The van der Waals surface area contributed by atoms with Gasteiger partial charge < -0.3 is 4.74 Å². The van der Waals surface area contributed by atoms with Gasteiger partial charge in [0.25, 0.3) is 0 Å². The van der Waals surface area contributed by atoms with Gasteiger partial charge in [-0.2, -0.15) is 0 Å². The smallest absolute Gasteiger partial charge is 0.0532 e. The first-order valence-corrected chi connectivity index (χ1v) is 9.76. The molecule has 0 aliphatic heterocycles. The van der Waals surface area contributed by atoms with Crippen LogP contribution in [-0.4, -0.2) is 22.0 Å². The van der Waals surface area contributed by atoms with Crippen molar-refractivity contribution in [1.29, 1.82) is 0 Å². The summed E-state index contributed by atoms with van der Waals surface area (Å²) in [4.78, 5) is 0. The van der Waals surface area contributed by atoms with E-state index in [4.69, 9.17) is 4.74 Å². The van der Waals surface area contributed by atoms with Gasteiger partial charge >= 0.3 is 0 Å². The minimum Gasteiger partial charge on any atom is -0.381 e. The number of rotatable bonds is 6. The molecule has 18 heavy (non-hydrogen) atoms. The summed E-state index contributed by atoms with van der Waals surface area (Å²) in [6, 6.07) is 8.48. The summed E-state index contributed by atoms with van der Waals surface area (Å²) in [5.74, 6) is 0.447. The first kappa shape index (κ1) is 15.9. The topological polar surface area (TPSA) is 9.23 Å². The zero-order chi connectivity index (χ0) is 13.8. The highest BCUT2D eigenvalue weighted by Gasteiger charge is 2.24. The van der Waals surface area contributed by atoms with E-state index in [1.807, 2.05) is 0 Å². The van der Waals surface area contributed by atoms with Gasteiger partial charge in [0.15, 0.2) is 0 Å². The summed E-state index contributed by atoms with van der Waals surface area (Å²) in [5, 5.41) is 0.349. The van der Waals surface area contributed by atoms with E-state index in [2.05, 4.69) is 74.1 Å². The Hall–Kier alpha value is -0.123. The average Bonchev–Trinajstić information content (AvgIpc) is 2.28. The van der Waals surface area contributed by atoms with Gasteiger partial charge in [-0.3, -0.25) is 0 Å². The van der Waals surface area contributed by atoms with Crippen LogP contribution >= 0.6 is 15.9 Å². The predicted molar refractivity (Wildman–Crippen MR) is 84.9 cm³/mol. The lowest BCUT2D eigenvalue weighted by Crippen LogP contribution is -2.27. The van der Waals surface area contributed by atoms with E-state index in [-0.39, 0.29) is 8.80 Å². The van der Waals surface area contributed by atoms with E-state index in [1.54, 1.807) is 0 Å². The van der Waals surface area contributed by atoms with Crippen LogP contribution in [0.2, 0.25) is 18.1 Å². The number of ether oxygens (including phenoxy) is 1. The van der Waals surface area contributed by atoms with E-state index in [1.165, 1.54) is 5.56 Å². The zero-order valence-electron chi connectivity index (χ0n) is 12.1. The number of hydrogen-bond acceptors (Lipinski definition) is 1. The number of benzene rings is 1. The Morgan fingerprint density at radius 3 is 2.56 bits per heavy atom.